The molecule has 5 rings (SSSR count). The number of nitrogens with zero attached hydrogens (tertiary/aromatic N) is 3. The highest BCUT2D eigenvalue weighted by Gasteiger charge is 2.35. The second-order valence-electron chi connectivity index (χ2n) is 9.48. The lowest BCUT2D eigenvalue weighted by Crippen LogP contribution is -2.48. The first-order valence-electron chi connectivity index (χ1n) is 11.9. The van der Waals surface area contributed by atoms with Crippen LogP contribution in [0.3, 0.4) is 0 Å². The van der Waals surface area contributed by atoms with Crippen LogP contribution < -0.4 is 4.74 Å². The van der Waals surface area contributed by atoms with Crippen LogP contribution >= 0.6 is 0 Å². The summed E-state index contributed by atoms with van der Waals surface area (Å²) in [5.41, 5.74) is 4.18. The van der Waals surface area contributed by atoms with Crippen molar-refractivity contribution in [2.75, 3.05) is 32.8 Å². The van der Waals surface area contributed by atoms with Crippen molar-refractivity contribution >= 4 is 5.91 Å². The smallest absolute Gasteiger partial charge is 0.226 e. The fourth-order valence-electron chi connectivity index (χ4n) is 5.53. The lowest BCUT2D eigenvalue weighted by molar-refractivity contribution is -0.137. The Hall–Kier alpha value is -2.40. The van der Waals surface area contributed by atoms with Crippen LogP contribution in [0, 0.1) is 11.8 Å². The van der Waals surface area contributed by atoms with Crippen LogP contribution in [0.2, 0.25) is 0 Å². The normalized spacial score (nSPS) is 23.7. The zero-order chi connectivity index (χ0) is 21.0. The van der Waals surface area contributed by atoms with E-state index in [1.165, 1.54) is 36.0 Å². The summed E-state index contributed by atoms with van der Waals surface area (Å²) in [7, 11) is 0. The summed E-state index contributed by atoms with van der Waals surface area (Å²) >= 11 is 0. The Morgan fingerprint density at radius 3 is 2.65 bits per heavy atom. The largest absolute Gasteiger partial charge is 0.493 e. The lowest BCUT2D eigenvalue weighted by Gasteiger charge is -2.38. The van der Waals surface area contributed by atoms with E-state index in [0.29, 0.717) is 18.4 Å². The number of carbonyl (C=O) groups is 1. The molecule has 0 spiro atoms. The van der Waals surface area contributed by atoms with Gasteiger partial charge in [-0.25, -0.2) is 0 Å². The summed E-state index contributed by atoms with van der Waals surface area (Å²) in [5, 5.41) is 0. The highest BCUT2D eigenvalue weighted by atomic mass is 16.5. The summed E-state index contributed by atoms with van der Waals surface area (Å²) in [6.45, 7) is 5.20. The zero-order valence-corrected chi connectivity index (χ0v) is 18.3. The third-order valence-corrected chi connectivity index (χ3v) is 7.09. The summed E-state index contributed by atoms with van der Waals surface area (Å²) < 4.78 is 6.26. The van der Waals surface area contributed by atoms with Gasteiger partial charge in [0.25, 0.3) is 0 Å². The molecule has 2 atom stereocenters. The highest BCUT2D eigenvalue weighted by Crippen LogP contribution is 2.29. The van der Waals surface area contributed by atoms with Gasteiger partial charge < -0.3 is 9.64 Å². The molecule has 5 nitrogen and oxygen atoms in total. The van der Waals surface area contributed by atoms with Crippen LogP contribution in [0.5, 0.6) is 5.75 Å². The Morgan fingerprint density at radius 2 is 1.81 bits per heavy atom. The molecule has 2 fully saturated rings. The molecule has 164 valence electrons. The number of fused-ring (bicyclic) bond motifs is 1. The predicted molar refractivity (Wildman–Crippen MR) is 121 cm³/mol. The fourth-order valence-corrected chi connectivity index (χ4v) is 5.53. The number of carbonyl (C=O) groups excluding carboxylic acids is 1. The zero-order valence-electron chi connectivity index (χ0n) is 18.3. The van der Waals surface area contributed by atoms with Crippen LogP contribution in [-0.4, -0.2) is 53.5 Å². The Kier molecular flexibility index (Phi) is 6.21. The van der Waals surface area contributed by atoms with Crippen LogP contribution in [0.1, 0.15) is 42.4 Å². The van der Waals surface area contributed by atoms with Gasteiger partial charge >= 0.3 is 0 Å². The van der Waals surface area contributed by atoms with Crippen LogP contribution in [0.4, 0.5) is 0 Å². The van der Waals surface area contributed by atoms with Crippen molar-refractivity contribution in [1.82, 2.24) is 14.8 Å². The first-order chi connectivity index (χ1) is 15.2. The van der Waals surface area contributed by atoms with Gasteiger partial charge in [-0.1, -0.05) is 6.07 Å². The lowest BCUT2D eigenvalue weighted by atomic mass is 9.88. The monoisotopic (exact) mass is 419 g/mol. The van der Waals surface area contributed by atoms with E-state index in [1.807, 2.05) is 12.4 Å². The molecular weight excluding hydrogens is 386 g/mol. The number of hydrogen-bond acceptors (Lipinski definition) is 4. The minimum atomic E-state index is 0.0716. The number of pyridine rings is 1. The van der Waals surface area contributed by atoms with Crippen LogP contribution in [-0.2, 0) is 24.2 Å². The Balaban J connectivity index is 1.26. The molecule has 0 saturated carbocycles. The molecule has 5 heteroatoms. The molecule has 0 bridgehead atoms. The van der Waals surface area contributed by atoms with Crippen molar-refractivity contribution in [3.05, 3.63) is 59.4 Å². The van der Waals surface area contributed by atoms with Gasteiger partial charge in [-0.2, -0.15) is 0 Å². The summed E-state index contributed by atoms with van der Waals surface area (Å²) in [6, 6.07) is 10.7. The van der Waals surface area contributed by atoms with Gasteiger partial charge in [0, 0.05) is 51.0 Å². The molecule has 2 aromatic rings. The van der Waals surface area contributed by atoms with Gasteiger partial charge in [0.05, 0.1) is 12.5 Å². The van der Waals surface area contributed by atoms with Gasteiger partial charge in [0.2, 0.25) is 5.91 Å². The number of benzene rings is 1. The quantitative estimate of drug-likeness (QED) is 0.716. The third-order valence-electron chi connectivity index (χ3n) is 7.09. The molecule has 3 heterocycles. The number of hydrogen-bond donors (Lipinski definition) is 0. The maximum absolute atomic E-state index is 13.2. The minimum Gasteiger partial charge on any atom is -0.493 e. The van der Waals surface area contributed by atoms with Crippen molar-refractivity contribution in [1.29, 1.82) is 0 Å². The average molecular weight is 420 g/mol. The summed E-state index contributed by atoms with van der Waals surface area (Å²) in [5.74, 6) is 1.76. The first kappa shape index (κ1) is 20.5. The Bertz CT molecular complexity index is 895. The number of rotatable bonds is 6. The number of ether oxygens (including phenoxy) is 1. The molecule has 1 aromatic carbocycles. The van der Waals surface area contributed by atoms with E-state index in [2.05, 4.69) is 45.1 Å². The van der Waals surface area contributed by atoms with Gasteiger partial charge in [-0.05, 0) is 79.5 Å². The number of piperidine rings is 1. The highest BCUT2D eigenvalue weighted by molar-refractivity contribution is 5.79. The van der Waals surface area contributed by atoms with Gasteiger partial charge in [-0.15, -0.1) is 0 Å². The van der Waals surface area contributed by atoms with E-state index in [0.717, 1.165) is 57.7 Å². The van der Waals surface area contributed by atoms with Crippen molar-refractivity contribution in [2.45, 2.75) is 45.1 Å². The number of amides is 1. The molecule has 1 aromatic heterocycles. The van der Waals surface area contributed by atoms with E-state index in [-0.39, 0.29) is 5.92 Å². The molecule has 0 N–H and O–H groups in total. The standard InChI is InChI=1S/C26H33N3O2/c30-26(29-12-1-2-13-29)24-14-21(17-28(18-24)16-20-8-10-27-11-9-20)19-31-25-7-6-22-4-3-5-23(22)15-25/h6-11,15,21,24H,1-5,12-14,16-19H2/t21-,24+/m0/s1. The maximum atomic E-state index is 13.2. The molecule has 0 unspecified atom stereocenters. The fraction of sp³-hybridized carbons (Fsp3) is 0.538. The number of likely N-dealkylation sites (tertiary alicyclic amines) is 2. The molecular formula is C26H33N3O2. The maximum Gasteiger partial charge on any atom is 0.226 e. The Morgan fingerprint density at radius 1 is 1.00 bits per heavy atom. The van der Waals surface area contributed by atoms with E-state index in [9.17, 15) is 4.79 Å². The predicted octanol–water partition coefficient (Wildman–Crippen LogP) is 3.71. The van der Waals surface area contributed by atoms with E-state index in [4.69, 9.17) is 4.74 Å². The van der Waals surface area contributed by atoms with Gasteiger partial charge in [0.15, 0.2) is 0 Å². The summed E-state index contributed by atoms with van der Waals surface area (Å²) in [4.78, 5) is 21.9. The second kappa shape index (κ2) is 9.39. The molecule has 2 aliphatic heterocycles. The number of aromatic nitrogens is 1. The van der Waals surface area contributed by atoms with Gasteiger partial charge in [0.1, 0.15) is 5.75 Å². The molecule has 31 heavy (non-hydrogen) atoms. The van der Waals surface area contributed by atoms with Crippen molar-refractivity contribution in [3.8, 4) is 5.75 Å². The number of aryl methyl sites for hydroxylation is 2. The van der Waals surface area contributed by atoms with E-state index < -0.39 is 0 Å². The van der Waals surface area contributed by atoms with E-state index >= 15 is 0 Å². The third kappa shape index (κ3) is 4.93. The van der Waals surface area contributed by atoms with Gasteiger partial charge in [-0.3, -0.25) is 14.7 Å². The van der Waals surface area contributed by atoms with Crippen LogP contribution in [0.25, 0.3) is 0 Å². The summed E-state index contributed by atoms with van der Waals surface area (Å²) in [6.07, 6.45) is 10.5. The minimum absolute atomic E-state index is 0.0716. The SMILES string of the molecule is O=C([C@@H]1C[C@H](COc2ccc3c(c2)CCC3)CN(Cc2ccncc2)C1)N1CCCC1. The Labute approximate surface area is 185 Å². The molecule has 0 radical (unpaired) electrons. The average Bonchev–Trinajstić information content (AvgIpc) is 3.49. The first-order valence-corrected chi connectivity index (χ1v) is 11.9. The molecule has 1 aliphatic carbocycles. The molecule has 2 saturated heterocycles. The topological polar surface area (TPSA) is 45.7 Å². The van der Waals surface area contributed by atoms with Crippen molar-refractivity contribution < 1.29 is 9.53 Å². The second-order valence-corrected chi connectivity index (χ2v) is 9.48. The van der Waals surface area contributed by atoms with Crippen molar-refractivity contribution in [2.24, 2.45) is 11.8 Å². The van der Waals surface area contributed by atoms with Crippen LogP contribution in [0.15, 0.2) is 42.7 Å². The molecule has 3 aliphatic rings. The molecule has 1 amide bonds. The van der Waals surface area contributed by atoms with Crippen molar-refractivity contribution in [3.63, 3.8) is 0 Å². The van der Waals surface area contributed by atoms with E-state index in [1.54, 1.807) is 0 Å².